The Hall–Kier alpha value is -1.42. The van der Waals surface area contributed by atoms with Crippen LogP contribution in [0, 0.1) is 0 Å². The van der Waals surface area contributed by atoms with E-state index < -0.39 is 0 Å². The van der Waals surface area contributed by atoms with Gasteiger partial charge in [-0.1, -0.05) is 28.9 Å². The van der Waals surface area contributed by atoms with E-state index in [0.29, 0.717) is 11.8 Å². The smallest absolute Gasteiger partial charge is 0.248 e. The Morgan fingerprint density at radius 2 is 2.00 bits per heavy atom. The fraction of sp³-hybridized carbons (Fsp3) is 0.167. The zero-order valence-electron chi connectivity index (χ0n) is 8.85. The van der Waals surface area contributed by atoms with Gasteiger partial charge >= 0.3 is 0 Å². The van der Waals surface area contributed by atoms with E-state index in [1.54, 1.807) is 0 Å². The van der Waals surface area contributed by atoms with E-state index in [9.17, 15) is 0 Å². The Bertz CT molecular complexity index is 488. The lowest BCUT2D eigenvalue weighted by atomic mass is 10.2. The monoisotopic (exact) mass is 278 g/mol. The van der Waals surface area contributed by atoms with Crippen LogP contribution in [0.3, 0.4) is 0 Å². The van der Waals surface area contributed by atoms with Crippen molar-refractivity contribution >= 4 is 22.0 Å². The summed E-state index contributed by atoms with van der Waals surface area (Å²) in [6.07, 6.45) is 4.77. The molecule has 0 N–H and O–H groups in total. The topological polar surface area (TPSA) is 38.9 Å². The Kier molecular flexibility index (Phi) is 3.51. The first kappa shape index (κ1) is 11.1. The average Bonchev–Trinajstić information content (AvgIpc) is 2.76. The molecule has 0 aliphatic rings. The van der Waals surface area contributed by atoms with Crippen LogP contribution >= 0.6 is 15.9 Å². The summed E-state index contributed by atoms with van der Waals surface area (Å²) >= 11 is 3.38. The Morgan fingerprint density at radius 3 is 2.69 bits per heavy atom. The molecule has 0 saturated heterocycles. The third kappa shape index (κ3) is 2.58. The van der Waals surface area contributed by atoms with Crippen molar-refractivity contribution in [2.75, 3.05) is 0 Å². The van der Waals surface area contributed by atoms with Gasteiger partial charge in [0.05, 0.1) is 0 Å². The van der Waals surface area contributed by atoms with Crippen molar-refractivity contribution in [2.45, 2.75) is 13.3 Å². The van der Waals surface area contributed by atoms with Crippen LogP contribution in [0.25, 0.3) is 17.5 Å². The third-order valence-corrected chi connectivity index (χ3v) is 2.56. The number of allylic oxidation sites excluding steroid dienone is 1. The lowest BCUT2D eigenvalue weighted by molar-refractivity contribution is 0.557. The predicted molar refractivity (Wildman–Crippen MR) is 66.8 cm³/mol. The number of halogens is 1. The van der Waals surface area contributed by atoms with Crippen molar-refractivity contribution in [1.29, 1.82) is 0 Å². The van der Waals surface area contributed by atoms with E-state index in [-0.39, 0.29) is 0 Å². The van der Waals surface area contributed by atoms with Crippen LogP contribution in [-0.2, 0) is 0 Å². The van der Waals surface area contributed by atoms with Gasteiger partial charge in [0.25, 0.3) is 0 Å². The fourth-order valence-corrected chi connectivity index (χ4v) is 1.49. The molecule has 1 heterocycles. The summed E-state index contributed by atoms with van der Waals surface area (Å²) in [7, 11) is 0. The van der Waals surface area contributed by atoms with Gasteiger partial charge in [-0.2, -0.15) is 0 Å². The number of benzene rings is 1. The molecule has 0 fully saturated rings. The normalized spacial score (nSPS) is 11.1. The van der Waals surface area contributed by atoms with Crippen LogP contribution in [0.1, 0.15) is 19.2 Å². The third-order valence-electron chi connectivity index (χ3n) is 2.03. The molecule has 0 bridgehead atoms. The number of hydrogen-bond acceptors (Lipinski definition) is 3. The van der Waals surface area contributed by atoms with Gasteiger partial charge in [-0.25, -0.2) is 0 Å². The zero-order valence-corrected chi connectivity index (χ0v) is 10.4. The summed E-state index contributed by atoms with van der Waals surface area (Å²) in [6.45, 7) is 2.06. The van der Waals surface area contributed by atoms with Gasteiger partial charge in [0.2, 0.25) is 11.8 Å². The molecule has 0 spiro atoms. The van der Waals surface area contributed by atoms with Crippen LogP contribution < -0.4 is 0 Å². The molecule has 82 valence electrons. The minimum absolute atomic E-state index is 0.541. The average molecular weight is 279 g/mol. The molecular formula is C12H11BrN2O. The molecule has 0 amide bonds. The molecule has 16 heavy (non-hydrogen) atoms. The predicted octanol–water partition coefficient (Wildman–Crippen LogP) is 3.92. The van der Waals surface area contributed by atoms with Gasteiger partial charge < -0.3 is 4.42 Å². The van der Waals surface area contributed by atoms with Crippen LogP contribution in [0.15, 0.2) is 39.2 Å². The van der Waals surface area contributed by atoms with Gasteiger partial charge in [-0.15, -0.1) is 10.2 Å². The van der Waals surface area contributed by atoms with E-state index in [0.717, 1.165) is 16.5 Å². The lowest BCUT2D eigenvalue weighted by Gasteiger charge is -1.93. The summed E-state index contributed by atoms with van der Waals surface area (Å²) in [5, 5.41) is 7.92. The number of rotatable bonds is 3. The first-order chi connectivity index (χ1) is 7.79. The van der Waals surface area contributed by atoms with Crippen LogP contribution in [0.4, 0.5) is 0 Å². The Labute approximate surface area is 102 Å². The highest BCUT2D eigenvalue weighted by Gasteiger charge is 2.05. The van der Waals surface area contributed by atoms with Crippen LogP contribution in [-0.4, -0.2) is 10.2 Å². The molecule has 0 unspecified atom stereocenters. The molecule has 0 aliphatic heterocycles. The highest BCUT2D eigenvalue weighted by Crippen LogP contribution is 2.20. The second kappa shape index (κ2) is 5.07. The lowest BCUT2D eigenvalue weighted by Crippen LogP contribution is -1.76. The van der Waals surface area contributed by atoms with Crippen molar-refractivity contribution in [3.63, 3.8) is 0 Å². The highest BCUT2D eigenvalue weighted by molar-refractivity contribution is 9.10. The van der Waals surface area contributed by atoms with Crippen molar-refractivity contribution in [3.05, 3.63) is 40.7 Å². The second-order valence-corrected chi connectivity index (χ2v) is 4.18. The molecular weight excluding hydrogens is 268 g/mol. The molecule has 0 atom stereocenters. The van der Waals surface area contributed by atoms with Crippen LogP contribution in [0.5, 0.6) is 0 Å². The maximum atomic E-state index is 5.49. The van der Waals surface area contributed by atoms with E-state index in [2.05, 4.69) is 33.1 Å². The standard InChI is InChI=1S/C12H11BrN2O/c1-2-3-4-11-14-15-12(16-11)9-5-7-10(13)8-6-9/h3-8H,2H2,1H3/b4-3+. The summed E-state index contributed by atoms with van der Waals surface area (Å²) in [5.41, 5.74) is 0.923. The van der Waals surface area contributed by atoms with Gasteiger partial charge in [0, 0.05) is 10.0 Å². The van der Waals surface area contributed by atoms with Crippen molar-refractivity contribution in [1.82, 2.24) is 10.2 Å². The molecule has 1 aromatic heterocycles. The Morgan fingerprint density at radius 1 is 1.25 bits per heavy atom. The first-order valence-electron chi connectivity index (χ1n) is 5.05. The maximum absolute atomic E-state index is 5.49. The van der Waals surface area contributed by atoms with Crippen molar-refractivity contribution < 1.29 is 4.42 Å². The number of hydrogen-bond donors (Lipinski definition) is 0. The van der Waals surface area contributed by atoms with Crippen LogP contribution in [0.2, 0.25) is 0 Å². The molecule has 1 aromatic carbocycles. The minimum atomic E-state index is 0.541. The SMILES string of the molecule is CC/C=C/c1nnc(-c2ccc(Br)cc2)o1. The molecule has 2 rings (SSSR count). The molecule has 4 heteroatoms. The van der Waals surface area contributed by atoms with Crippen molar-refractivity contribution in [2.24, 2.45) is 0 Å². The van der Waals surface area contributed by atoms with Gasteiger partial charge in [-0.3, -0.25) is 0 Å². The second-order valence-electron chi connectivity index (χ2n) is 3.26. The first-order valence-corrected chi connectivity index (χ1v) is 5.85. The summed E-state index contributed by atoms with van der Waals surface area (Å²) in [6, 6.07) is 7.76. The minimum Gasteiger partial charge on any atom is -0.417 e. The summed E-state index contributed by atoms with van der Waals surface area (Å²) in [5.74, 6) is 1.09. The number of aromatic nitrogens is 2. The number of nitrogens with zero attached hydrogens (tertiary/aromatic N) is 2. The van der Waals surface area contributed by atoms with E-state index in [1.807, 2.05) is 36.4 Å². The molecule has 0 aliphatic carbocycles. The van der Waals surface area contributed by atoms with E-state index >= 15 is 0 Å². The van der Waals surface area contributed by atoms with Gasteiger partial charge in [0.1, 0.15) is 0 Å². The molecule has 0 radical (unpaired) electrons. The maximum Gasteiger partial charge on any atom is 0.248 e. The van der Waals surface area contributed by atoms with Crippen molar-refractivity contribution in [3.8, 4) is 11.5 Å². The van der Waals surface area contributed by atoms with E-state index in [1.165, 1.54) is 0 Å². The zero-order chi connectivity index (χ0) is 11.4. The van der Waals surface area contributed by atoms with E-state index in [4.69, 9.17) is 4.42 Å². The summed E-state index contributed by atoms with van der Waals surface area (Å²) in [4.78, 5) is 0. The van der Waals surface area contributed by atoms with Gasteiger partial charge in [-0.05, 0) is 36.8 Å². The molecule has 3 nitrogen and oxygen atoms in total. The Balaban J connectivity index is 2.24. The molecule has 0 saturated carbocycles. The molecule has 2 aromatic rings. The summed E-state index contributed by atoms with van der Waals surface area (Å²) < 4.78 is 6.52. The van der Waals surface area contributed by atoms with Gasteiger partial charge in [0.15, 0.2) is 0 Å². The fourth-order valence-electron chi connectivity index (χ4n) is 1.23. The highest BCUT2D eigenvalue weighted by atomic mass is 79.9. The quantitative estimate of drug-likeness (QED) is 0.854. The largest absolute Gasteiger partial charge is 0.417 e.